The molecule has 0 saturated carbocycles. The maximum absolute atomic E-state index is 14.0. The zero-order valence-electron chi connectivity index (χ0n) is 26.3. The standard InChI is InChI=1S/C34H31FN6O5S2/c1-44-27-10-5-4-8-24(27)33(43)36-19-30-37-38-34(40(30)22-15-13-21(35)14-16-22)48-20-31(42)41-26(18-25(39-41)29-12-7-17-47-29)23-9-6-11-28(45-2)32(23)46-3/h4-17,26H,18-20H2,1-3H3,(H,36,43)/t26-/m1/s1. The van der Waals surface area contributed by atoms with E-state index in [1.165, 1.54) is 24.3 Å². The molecule has 0 saturated heterocycles. The summed E-state index contributed by atoms with van der Waals surface area (Å²) >= 11 is 2.72. The SMILES string of the molecule is COc1ccccc1C(=O)NCc1nnc(SCC(=O)N2N=C(c3cccs3)C[C@@H]2c2cccc(OC)c2OC)n1-c1ccc(F)cc1. The number of nitrogens with zero attached hydrogens (tertiary/aromatic N) is 5. The Morgan fingerprint density at radius 1 is 0.938 bits per heavy atom. The third kappa shape index (κ3) is 6.75. The van der Waals surface area contributed by atoms with Crippen LogP contribution in [-0.4, -0.2) is 64.4 Å². The lowest BCUT2D eigenvalue weighted by atomic mass is 9.99. The minimum Gasteiger partial charge on any atom is -0.496 e. The Labute approximate surface area is 284 Å². The number of halogens is 1. The molecule has 3 heterocycles. The van der Waals surface area contributed by atoms with E-state index in [9.17, 15) is 14.0 Å². The summed E-state index contributed by atoms with van der Waals surface area (Å²) in [5.41, 5.74) is 2.49. The van der Waals surface area contributed by atoms with Gasteiger partial charge in [0.2, 0.25) is 0 Å². The number of amides is 2. The summed E-state index contributed by atoms with van der Waals surface area (Å²) in [4.78, 5) is 28.0. The number of carbonyl (C=O) groups is 2. The highest BCUT2D eigenvalue weighted by molar-refractivity contribution is 7.99. The van der Waals surface area contributed by atoms with Crippen LogP contribution in [0.3, 0.4) is 0 Å². The van der Waals surface area contributed by atoms with Crippen molar-refractivity contribution in [3.05, 3.63) is 112 Å². The molecule has 6 rings (SSSR count). The number of hydrogen-bond acceptors (Lipinski definition) is 10. The van der Waals surface area contributed by atoms with Gasteiger partial charge in [-0.25, -0.2) is 9.40 Å². The number of aromatic nitrogens is 3. The van der Waals surface area contributed by atoms with Crippen LogP contribution in [-0.2, 0) is 11.3 Å². The van der Waals surface area contributed by atoms with Gasteiger partial charge < -0.3 is 19.5 Å². The first-order chi connectivity index (χ1) is 23.4. The summed E-state index contributed by atoms with van der Waals surface area (Å²) < 4.78 is 32.1. The average molecular weight is 687 g/mol. The molecular formula is C34H31FN6O5S2. The Morgan fingerprint density at radius 2 is 1.71 bits per heavy atom. The Balaban J connectivity index is 1.26. The van der Waals surface area contributed by atoms with Gasteiger partial charge in [0.1, 0.15) is 11.6 Å². The lowest BCUT2D eigenvalue weighted by Crippen LogP contribution is -2.29. The molecule has 1 N–H and O–H groups in total. The van der Waals surface area contributed by atoms with Gasteiger partial charge in [0.25, 0.3) is 11.8 Å². The van der Waals surface area contributed by atoms with Crippen molar-refractivity contribution in [2.45, 2.75) is 24.2 Å². The minimum atomic E-state index is -0.434. The minimum absolute atomic E-state index is 0.00800. The van der Waals surface area contributed by atoms with E-state index in [0.29, 0.717) is 45.9 Å². The van der Waals surface area contributed by atoms with Crippen LogP contribution < -0.4 is 19.5 Å². The molecule has 2 amide bonds. The van der Waals surface area contributed by atoms with E-state index in [1.807, 2.05) is 29.6 Å². The number of methoxy groups -OCH3 is 3. The number of carbonyl (C=O) groups excluding carboxylic acids is 2. The van der Waals surface area contributed by atoms with Crippen molar-refractivity contribution in [3.63, 3.8) is 0 Å². The monoisotopic (exact) mass is 686 g/mol. The lowest BCUT2D eigenvalue weighted by molar-refractivity contribution is -0.130. The fourth-order valence-corrected chi connectivity index (χ4v) is 6.93. The Morgan fingerprint density at radius 3 is 2.44 bits per heavy atom. The second kappa shape index (κ2) is 14.7. The van der Waals surface area contributed by atoms with Crippen LogP contribution in [0.5, 0.6) is 17.2 Å². The molecule has 0 unspecified atom stereocenters. The molecule has 246 valence electrons. The number of thioether (sulfide) groups is 1. The van der Waals surface area contributed by atoms with Gasteiger partial charge in [-0.05, 0) is 53.9 Å². The normalized spacial score (nSPS) is 14.0. The van der Waals surface area contributed by atoms with Gasteiger partial charge in [0, 0.05) is 17.7 Å². The van der Waals surface area contributed by atoms with Crippen molar-refractivity contribution in [3.8, 4) is 22.9 Å². The molecule has 0 aliphatic carbocycles. The molecule has 14 heteroatoms. The van der Waals surface area contributed by atoms with Crippen LogP contribution in [0.4, 0.5) is 4.39 Å². The third-order valence-electron chi connectivity index (χ3n) is 7.63. The Hall–Kier alpha value is -5.21. The van der Waals surface area contributed by atoms with Gasteiger partial charge in [-0.2, -0.15) is 5.10 Å². The first kappa shape index (κ1) is 32.7. The van der Waals surface area contributed by atoms with E-state index in [0.717, 1.165) is 27.9 Å². The van der Waals surface area contributed by atoms with E-state index in [2.05, 4.69) is 15.5 Å². The molecule has 5 aromatic rings. The number of rotatable bonds is 12. The first-order valence-electron chi connectivity index (χ1n) is 14.8. The number of hydrazone groups is 1. The molecule has 1 aliphatic heterocycles. The fraction of sp³-hybridized carbons (Fsp3) is 0.206. The molecule has 0 spiro atoms. The highest BCUT2D eigenvalue weighted by atomic mass is 32.2. The molecule has 0 radical (unpaired) electrons. The summed E-state index contributed by atoms with van der Waals surface area (Å²) in [6, 6.07) is 21.7. The molecular weight excluding hydrogens is 656 g/mol. The summed E-state index contributed by atoms with van der Waals surface area (Å²) in [5, 5.41) is 20.1. The van der Waals surface area contributed by atoms with Gasteiger partial charge in [-0.3, -0.25) is 14.2 Å². The summed E-state index contributed by atoms with van der Waals surface area (Å²) in [5.74, 6) is 0.845. The van der Waals surface area contributed by atoms with Crippen molar-refractivity contribution in [1.29, 1.82) is 0 Å². The van der Waals surface area contributed by atoms with E-state index in [1.54, 1.807) is 72.6 Å². The molecule has 48 heavy (non-hydrogen) atoms. The van der Waals surface area contributed by atoms with Gasteiger partial charge >= 0.3 is 0 Å². The largest absolute Gasteiger partial charge is 0.496 e. The van der Waals surface area contributed by atoms with E-state index >= 15 is 0 Å². The second-order valence-electron chi connectivity index (χ2n) is 10.4. The third-order valence-corrected chi connectivity index (χ3v) is 9.47. The molecule has 1 atom stereocenters. The zero-order valence-corrected chi connectivity index (χ0v) is 27.9. The summed E-state index contributed by atoms with van der Waals surface area (Å²) in [6.45, 7) is 0.00800. The zero-order chi connectivity index (χ0) is 33.6. The highest BCUT2D eigenvalue weighted by Gasteiger charge is 2.36. The molecule has 3 aromatic carbocycles. The molecule has 0 bridgehead atoms. The summed E-state index contributed by atoms with van der Waals surface area (Å²) in [7, 11) is 4.63. The smallest absolute Gasteiger partial charge is 0.255 e. The van der Waals surface area contributed by atoms with E-state index in [4.69, 9.17) is 19.3 Å². The maximum Gasteiger partial charge on any atom is 0.255 e. The Kier molecular flexibility index (Phi) is 10.0. The van der Waals surface area contributed by atoms with Crippen molar-refractivity contribution >= 4 is 40.6 Å². The van der Waals surface area contributed by atoms with Gasteiger partial charge in [0.05, 0.1) is 55.8 Å². The quantitative estimate of drug-likeness (QED) is 0.161. The molecule has 1 aliphatic rings. The molecule has 0 fully saturated rings. The lowest BCUT2D eigenvalue weighted by Gasteiger charge is -2.24. The van der Waals surface area contributed by atoms with Crippen LogP contribution in [0.1, 0.15) is 39.1 Å². The van der Waals surface area contributed by atoms with Gasteiger partial charge in [-0.1, -0.05) is 42.1 Å². The van der Waals surface area contributed by atoms with Crippen molar-refractivity contribution < 1.29 is 28.2 Å². The Bertz CT molecular complexity index is 1950. The van der Waals surface area contributed by atoms with Crippen molar-refractivity contribution in [2.24, 2.45) is 5.10 Å². The maximum atomic E-state index is 14.0. The topological polar surface area (TPSA) is 120 Å². The van der Waals surface area contributed by atoms with Crippen LogP contribution in [0.2, 0.25) is 0 Å². The molecule has 2 aromatic heterocycles. The number of para-hydroxylation sites is 2. The van der Waals surface area contributed by atoms with Crippen LogP contribution in [0, 0.1) is 5.82 Å². The number of ether oxygens (including phenoxy) is 3. The highest BCUT2D eigenvalue weighted by Crippen LogP contribution is 2.42. The van der Waals surface area contributed by atoms with E-state index in [-0.39, 0.29) is 24.1 Å². The number of hydrogen-bond donors (Lipinski definition) is 1. The average Bonchev–Trinajstić information content (AvgIpc) is 3.90. The van der Waals surface area contributed by atoms with Gasteiger partial charge in [-0.15, -0.1) is 21.5 Å². The number of benzene rings is 3. The predicted molar refractivity (Wildman–Crippen MR) is 181 cm³/mol. The van der Waals surface area contributed by atoms with Crippen molar-refractivity contribution in [1.82, 2.24) is 25.1 Å². The van der Waals surface area contributed by atoms with Gasteiger partial charge in [0.15, 0.2) is 22.5 Å². The van der Waals surface area contributed by atoms with Crippen LogP contribution in [0.25, 0.3) is 5.69 Å². The molecule has 11 nitrogen and oxygen atoms in total. The van der Waals surface area contributed by atoms with Crippen LogP contribution >= 0.6 is 23.1 Å². The number of thiophene rings is 1. The van der Waals surface area contributed by atoms with Crippen molar-refractivity contribution in [2.75, 3.05) is 27.1 Å². The number of nitrogens with one attached hydrogen (secondary N) is 1. The van der Waals surface area contributed by atoms with E-state index < -0.39 is 11.9 Å². The predicted octanol–water partition coefficient (Wildman–Crippen LogP) is 5.89. The second-order valence-corrected chi connectivity index (χ2v) is 12.3. The first-order valence-corrected chi connectivity index (χ1v) is 16.7. The summed E-state index contributed by atoms with van der Waals surface area (Å²) in [6.07, 6.45) is 0.488. The van der Waals surface area contributed by atoms with Crippen LogP contribution in [0.15, 0.2) is 94.5 Å². The fourth-order valence-electron chi connectivity index (χ4n) is 5.39.